The molecule has 1 saturated carbocycles. The Morgan fingerprint density at radius 1 is 1.19 bits per heavy atom. The predicted octanol–water partition coefficient (Wildman–Crippen LogP) is 3.60. The minimum absolute atomic E-state index is 0.0125. The number of hydrogen-bond acceptors (Lipinski definition) is 6. The molecule has 1 aliphatic rings. The van der Waals surface area contributed by atoms with Gasteiger partial charge in [0, 0.05) is 13.6 Å². The monoisotopic (exact) mass is 519 g/mol. The number of nitrogens with zero attached hydrogens (tertiary/aromatic N) is 2. The molecule has 1 aromatic rings. The molecule has 0 spiro atoms. The normalized spacial score (nSPS) is 15.0. The van der Waals surface area contributed by atoms with Crippen molar-refractivity contribution in [2.75, 3.05) is 26.7 Å². The van der Waals surface area contributed by atoms with E-state index in [1.165, 1.54) is 11.9 Å². The van der Waals surface area contributed by atoms with Gasteiger partial charge in [0.05, 0.1) is 19.1 Å². The molecule has 2 rings (SSSR count). The van der Waals surface area contributed by atoms with E-state index in [1.54, 1.807) is 0 Å². The first-order valence-corrected chi connectivity index (χ1v) is 13.1. The topological polar surface area (TPSA) is 125 Å². The molecule has 0 heterocycles. The van der Waals surface area contributed by atoms with Crippen LogP contribution in [0.25, 0.3) is 0 Å². The summed E-state index contributed by atoms with van der Waals surface area (Å²) in [5.41, 5.74) is 0.836. The van der Waals surface area contributed by atoms with Crippen LogP contribution in [0.15, 0.2) is 30.3 Å². The largest absolute Gasteiger partial charge is 0.480 e. The Labute approximate surface area is 219 Å². The van der Waals surface area contributed by atoms with E-state index in [4.69, 9.17) is 9.57 Å². The van der Waals surface area contributed by atoms with Crippen LogP contribution in [0.4, 0.5) is 4.79 Å². The lowest BCUT2D eigenvalue weighted by Crippen LogP contribution is -2.48. The quantitative estimate of drug-likeness (QED) is 0.183. The molecule has 10 heteroatoms. The second-order valence-electron chi connectivity index (χ2n) is 9.56. The van der Waals surface area contributed by atoms with Crippen molar-refractivity contribution in [3.8, 4) is 0 Å². The Balaban J connectivity index is 1.95. The van der Waals surface area contributed by atoms with E-state index >= 15 is 0 Å². The first-order valence-electron chi connectivity index (χ1n) is 13.1. The number of alkyl carbamates (subject to hydrolysis) is 1. The number of carbonyl (C=O) groups is 4. The summed E-state index contributed by atoms with van der Waals surface area (Å²) < 4.78 is 5.16. The van der Waals surface area contributed by atoms with Gasteiger partial charge in [-0.2, -0.15) is 0 Å². The number of carboxylic acid groups (broad SMARTS) is 1. The SMILES string of the molecule is CCCCON(C=O)C[C@@H](CC1CCCC1)C(=O)N(C)[C@@H](CCNC(=O)OCc1ccccc1)C(=O)O. The van der Waals surface area contributed by atoms with E-state index in [1.807, 2.05) is 37.3 Å². The van der Waals surface area contributed by atoms with Gasteiger partial charge in [-0.3, -0.25) is 14.4 Å². The van der Waals surface area contributed by atoms with Gasteiger partial charge in [0.15, 0.2) is 0 Å². The van der Waals surface area contributed by atoms with Crippen LogP contribution in [0.5, 0.6) is 0 Å². The third-order valence-electron chi connectivity index (χ3n) is 6.71. The van der Waals surface area contributed by atoms with Gasteiger partial charge >= 0.3 is 12.1 Å². The van der Waals surface area contributed by atoms with Gasteiger partial charge in [-0.1, -0.05) is 69.4 Å². The molecule has 0 unspecified atom stereocenters. The van der Waals surface area contributed by atoms with Crippen LogP contribution >= 0.6 is 0 Å². The number of aliphatic carboxylic acids is 1. The number of rotatable bonds is 17. The number of ether oxygens (including phenoxy) is 1. The number of nitrogens with one attached hydrogen (secondary N) is 1. The molecule has 3 amide bonds. The van der Waals surface area contributed by atoms with Crippen LogP contribution < -0.4 is 5.32 Å². The number of benzene rings is 1. The zero-order valence-corrected chi connectivity index (χ0v) is 22.0. The highest BCUT2D eigenvalue weighted by atomic mass is 16.7. The van der Waals surface area contributed by atoms with Crippen molar-refractivity contribution in [1.82, 2.24) is 15.3 Å². The summed E-state index contributed by atoms with van der Waals surface area (Å²) in [5, 5.41) is 13.5. The Morgan fingerprint density at radius 2 is 1.89 bits per heavy atom. The van der Waals surface area contributed by atoms with E-state index < -0.39 is 24.0 Å². The smallest absolute Gasteiger partial charge is 0.407 e. The van der Waals surface area contributed by atoms with Crippen molar-refractivity contribution in [2.45, 2.75) is 70.9 Å². The highest BCUT2D eigenvalue weighted by Crippen LogP contribution is 2.31. The number of carboxylic acids is 1. The summed E-state index contributed by atoms with van der Waals surface area (Å²) >= 11 is 0. The highest BCUT2D eigenvalue weighted by Gasteiger charge is 2.34. The van der Waals surface area contributed by atoms with Crippen molar-refractivity contribution in [3.05, 3.63) is 35.9 Å². The lowest BCUT2D eigenvalue weighted by Gasteiger charge is -2.31. The van der Waals surface area contributed by atoms with E-state index in [2.05, 4.69) is 5.32 Å². The fourth-order valence-electron chi connectivity index (χ4n) is 4.58. The summed E-state index contributed by atoms with van der Waals surface area (Å²) in [4.78, 5) is 55.8. The van der Waals surface area contributed by atoms with Crippen LogP contribution in [-0.4, -0.2) is 72.2 Å². The number of likely N-dealkylation sites (N-methyl/N-ethyl adjacent to an activating group) is 1. The van der Waals surface area contributed by atoms with E-state index in [-0.39, 0.29) is 32.0 Å². The molecule has 206 valence electrons. The zero-order valence-electron chi connectivity index (χ0n) is 22.0. The average molecular weight is 520 g/mol. The maximum Gasteiger partial charge on any atom is 0.407 e. The minimum Gasteiger partial charge on any atom is -0.480 e. The lowest BCUT2D eigenvalue weighted by molar-refractivity contribution is -0.179. The van der Waals surface area contributed by atoms with Crippen LogP contribution in [-0.2, 0) is 30.6 Å². The standard InChI is InChI=1S/C27H41N3O7/c1-3-4-16-37-30(20-31)18-23(17-21-10-8-9-11-21)25(32)29(2)24(26(33)34)14-15-28-27(35)36-19-22-12-6-5-7-13-22/h5-7,12-13,20-21,23-24H,3-4,8-11,14-19H2,1-2H3,(H,28,35)(H,33,34)/t23-,24+/m1/s1. The molecular formula is C27H41N3O7. The van der Waals surface area contributed by atoms with Crippen molar-refractivity contribution < 1.29 is 33.9 Å². The summed E-state index contributed by atoms with van der Waals surface area (Å²) in [6, 6.07) is 8.06. The third-order valence-corrected chi connectivity index (χ3v) is 6.71. The second kappa shape index (κ2) is 16.6. The molecule has 0 radical (unpaired) electrons. The number of unbranched alkanes of at least 4 members (excludes halogenated alkanes) is 1. The molecule has 1 fully saturated rings. The second-order valence-corrected chi connectivity index (χ2v) is 9.56. The summed E-state index contributed by atoms with van der Waals surface area (Å²) in [6.45, 7) is 2.59. The van der Waals surface area contributed by atoms with Crippen LogP contribution in [0.2, 0.25) is 0 Å². The number of hydrogen-bond donors (Lipinski definition) is 2. The van der Waals surface area contributed by atoms with Gasteiger partial charge in [-0.05, 0) is 30.7 Å². The van der Waals surface area contributed by atoms with Gasteiger partial charge < -0.3 is 20.1 Å². The summed E-state index contributed by atoms with van der Waals surface area (Å²) in [7, 11) is 1.46. The molecular weight excluding hydrogens is 478 g/mol. The molecule has 1 aliphatic carbocycles. The maximum absolute atomic E-state index is 13.5. The molecule has 0 aliphatic heterocycles. The van der Waals surface area contributed by atoms with E-state index in [0.29, 0.717) is 25.4 Å². The fourth-order valence-corrected chi connectivity index (χ4v) is 4.58. The number of amides is 3. The molecule has 0 saturated heterocycles. The summed E-state index contributed by atoms with van der Waals surface area (Å²) in [6.07, 6.45) is 6.44. The van der Waals surface area contributed by atoms with Crippen molar-refractivity contribution >= 4 is 24.4 Å². The predicted molar refractivity (Wildman–Crippen MR) is 137 cm³/mol. The van der Waals surface area contributed by atoms with Gasteiger partial charge in [0.25, 0.3) is 0 Å². The maximum atomic E-state index is 13.5. The Kier molecular flexibility index (Phi) is 13.5. The van der Waals surface area contributed by atoms with E-state index in [0.717, 1.165) is 49.2 Å². The minimum atomic E-state index is -1.17. The first-order chi connectivity index (χ1) is 17.8. The molecule has 37 heavy (non-hydrogen) atoms. The van der Waals surface area contributed by atoms with Crippen molar-refractivity contribution in [1.29, 1.82) is 0 Å². The van der Waals surface area contributed by atoms with Crippen molar-refractivity contribution in [3.63, 3.8) is 0 Å². The molecule has 10 nitrogen and oxygen atoms in total. The van der Waals surface area contributed by atoms with Gasteiger partial charge in [-0.15, -0.1) is 0 Å². The zero-order chi connectivity index (χ0) is 27.0. The Bertz CT molecular complexity index is 846. The molecule has 0 bridgehead atoms. The van der Waals surface area contributed by atoms with Crippen LogP contribution in [0.3, 0.4) is 0 Å². The average Bonchev–Trinajstić information content (AvgIpc) is 3.41. The van der Waals surface area contributed by atoms with Gasteiger partial charge in [-0.25, -0.2) is 14.7 Å². The van der Waals surface area contributed by atoms with Crippen LogP contribution in [0.1, 0.15) is 63.9 Å². The lowest BCUT2D eigenvalue weighted by atomic mass is 9.91. The Hall–Kier alpha value is -3.14. The molecule has 2 N–H and O–H groups in total. The van der Waals surface area contributed by atoms with Gasteiger partial charge in [0.2, 0.25) is 12.3 Å². The number of hydroxylamine groups is 2. The molecule has 0 aromatic heterocycles. The molecule has 1 aromatic carbocycles. The third kappa shape index (κ3) is 10.8. The van der Waals surface area contributed by atoms with Gasteiger partial charge in [0.1, 0.15) is 12.6 Å². The summed E-state index contributed by atoms with van der Waals surface area (Å²) in [5.74, 6) is -1.74. The number of carbonyl (C=O) groups excluding carboxylic acids is 3. The first kappa shape index (κ1) is 30.1. The Morgan fingerprint density at radius 3 is 2.51 bits per heavy atom. The fraction of sp³-hybridized carbons (Fsp3) is 0.630. The van der Waals surface area contributed by atoms with E-state index in [9.17, 15) is 24.3 Å². The highest BCUT2D eigenvalue weighted by molar-refractivity contribution is 5.85. The molecule has 2 atom stereocenters. The van der Waals surface area contributed by atoms with Crippen LogP contribution in [0, 0.1) is 11.8 Å². The van der Waals surface area contributed by atoms with Crippen molar-refractivity contribution in [2.24, 2.45) is 11.8 Å².